The predicted octanol–water partition coefficient (Wildman–Crippen LogP) is 3.24. The lowest BCUT2D eigenvalue weighted by molar-refractivity contribution is -0.151. The molecule has 48 heavy (non-hydrogen) atoms. The molecular formula is C35H46N6O7. The number of carbonyl (C=O) groups is 3. The van der Waals surface area contributed by atoms with Crippen LogP contribution in [0.2, 0.25) is 0 Å². The molecule has 4 heterocycles. The molecule has 0 saturated carbocycles. The van der Waals surface area contributed by atoms with Crippen molar-refractivity contribution in [1.82, 2.24) is 23.8 Å². The van der Waals surface area contributed by atoms with Crippen molar-refractivity contribution >= 4 is 34.6 Å². The Morgan fingerprint density at radius 2 is 1.60 bits per heavy atom. The van der Waals surface area contributed by atoms with Gasteiger partial charge in [-0.15, -0.1) is 0 Å². The molecule has 13 nitrogen and oxygen atoms in total. The van der Waals surface area contributed by atoms with E-state index < -0.39 is 11.6 Å². The number of fused-ring (bicyclic) bond motifs is 1. The number of rotatable bonds is 8. The number of likely N-dealkylation sites (tertiary alicyclic amines) is 1. The van der Waals surface area contributed by atoms with E-state index in [0.29, 0.717) is 41.5 Å². The van der Waals surface area contributed by atoms with E-state index in [-0.39, 0.29) is 43.0 Å². The smallest absolute Gasteiger partial charge is 0.410 e. The van der Waals surface area contributed by atoms with Gasteiger partial charge in [-0.1, -0.05) is 12.1 Å². The van der Waals surface area contributed by atoms with Crippen molar-refractivity contribution in [2.45, 2.75) is 51.8 Å². The lowest BCUT2D eigenvalue weighted by Gasteiger charge is -2.45. The number of aryl methyl sites for hydroxylation is 1. The number of methoxy groups -OCH3 is 2. The third-order valence-electron chi connectivity index (χ3n) is 9.51. The van der Waals surface area contributed by atoms with Crippen LogP contribution in [0.25, 0.3) is 11.0 Å². The zero-order valence-corrected chi connectivity index (χ0v) is 28.7. The average Bonchev–Trinajstić information content (AvgIpc) is 3.29. The number of anilines is 1. The van der Waals surface area contributed by atoms with E-state index in [9.17, 15) is 19.2 Å². The number of amides is 3. The summed E-state index contributed by atoms with van der Waals surface area (Å²) in [4.78, 5) is 60.8. The molecule has 3 aliphatic heterocycles. The van der Waals surface area contributed by atoms with Crippen molar-refractivity contribution in [3.8, 4) is 11.5 Å². The van der Waals surface area contributed by atoms with E-state index >= 15 is 0 Å². The second kappa shape index (κ2) is 13.2. The van der Waals surface area contributed by atoms with E-state index in [0.717, 1.165) is 44.0 Å². The topological polar surface area (TPSA) is 119 Å². The van der Waals surface area contributed by atoms with Crippen molar-refractivity contribution in [2.24, 2.45) is 13.0 Å². The molecule has 3 amide bonds. The summed E-state index contributed by atoms with van der Waals surface area (Å²) in [6.45, 7) is 11.1. The molecular weight excluding hydrogens is 616 g/mol. The summed E-state index contributed by atoms with van der Waals surface area (Å²) in [5.74, 6) is 1.12. The number of hydrogen-bond donors (Lipinski definition) is 0. The van der Waals surface area contributed by atoms with Gasteiger partial charge in [0.25, 0.3) is 5.91 Å². The van der Waals surface area contributed by atoms with E-state index in [1.54, 1.807) is 47.4 Å². The number of benzene rings is 2. The molecule has 258 valence electrons. The molecule has 0 N–H and O–H groups in total. The van der Waals surface area contributed by atoms with Crippen molar-refractivity contribution in [2.75, 3.05) is 64.9 Å². The van der Waals surface area contributed by atoms with Gasteiger partial charge in [0, 0.05) is 65.2 Å². The van der Waals surface area contributed by atoms with Crippen molar-refractivity contribution in [3.05, 3.63) is 52.4 Å². The molecule has 3 aliphatic rings. The number of imidazole rings is 1. The normalized spacial score (nSPS) is 19.5. The molecule has 2 aromatic carbocycles. The number of carbonyl (C=O) groups excluding carboxylic acids is 3. The molecule has 1 unspecified atom stereocenters. The summed E-state index contributed by atoms with van der Waals surface area (Å²) in [6.07, 6.45) is 0.156. The number of nitrogens with zero attached hydrogens (tertiary/aromatic N) is 6. The quantitative estimate of drug-likeness (QED) is 0.335. The molecule has 0 aliphatic carbocycles. The van der Waals surface area contributed by atoms with Gasteiger partial charge in [-0.2, -0.15) is 0 Å². The first-order chi connectivity index (χ1) is 22.9. The molecule has 3 aromatic rings. The summed E-state index contributed by atoms with van der Waals surface area (Å²) in [6, 6.07) is 10.1. The first kappa shape index (κ1) is 33.4. The Morgan fingerprint density at radius 3 is 2.23 bits per heavy atom. The molecule has 1 aromatic heterocycles. The Bertz CT molecular complexity index is 1740. The minimum atomic E-state index is -0.804. The Balaban J connectivity index is 1.18. The fraction of sp³-hybridized carbons (Fsp3) is 0.543. The molecule has 0 radical (unpaired) electrons. The average molecular weight is 663 g/mol. The van der Waals surface area contributed by atoms with Crippen LogP contribution >= 0.6 is 0 Å². The maximum atomic E-state index is 13.9. The van der Waals surface area contributed by atoms with Crippen LogP contribution in [0.15, 0.2) is 41.2 Å². The van der Waals surface area contributed by atoms with Gasteiger partial charge in [-0.05, 0) is 57.0 Å². The monoisotopic (exact) mass is 662 g/mol. The van der Waals surface area contributed by atoms with Gasteiger partial charge < -0.3 is 24.0 Å². The summed E-state index contributed by atoms with van der Waals surface area (Å²) >= 11 is 0. The maximum absolute atomic E-state index is 13.9. The highest BCUT2D eigenvalue weighted by Crippen LogP contribution is 2.41. The van der Waals surface area contributed by atoms with Crippen molar-refractivity contribution < 1.29 is 28.6 Å². The van der Waals surface area contributed by atoms with Crippen LogP contribution in [0.4, 0.5) is 10.5 Å². The van der Waals surface area contributed by atoms with Gasteiger partial charge in [0.05, 0.1) is 31.8 Å². The van der Waals surface area contributed by atoms with Crippen LogP contribution in [-0.4, -0.2) is 107 Å². The zero-order chi connectivity index (χ0) is 34.3. The second-order valence-electron chi connectivity index (χ2n) is 14.0. The van der Waals surface area contributed by atoms with Gasteiger partial charge in [0.1, 0.15) is 28.8 Å². The van der Waals surface area contributed by atoms with E-state index in [1.165, 1.54) is 4.90 Å². The van der Waals surface area contributed by atoms with Crippen LogP contribution in [0.3, 0.4) is 0 Å². The lowest BCUT2D eigenvalue weighted by Crippen LogP contribution is -2.56. The minimum absolute atomic E-state index is 0.127. The first-order valence-electron chi connectivity index (χ1n) is 16.6. The largest absolute Gasteiger partial charge is 0.497 e. The van der Waals surface area contributed by atoms with E-state index in [1.807, 2.05) is 45.0 Å². The van der Waals surface area contributed by atoms with Crippen LogP contribution in [0, 0.1) is 5.92 Å². The van der Waals surface area contributed by atoms with Gasteiger partial charge in [-0.3, -0.25) is 28.5 Å². The lowest BCUT2D eigenvalue weighted by atomic mass is 9.97. The van der Waals surface area contributed by atoms with Gasteiger partial charge >= 0.3 is 11.8 Å². The number of imide groups is 1. The summed E-state index contributed by atoms with van der Waals surface area (Å²) < 4.78 is 19.7. The molecule has 0 bridgehead atoms. The third kappa shape index (κ3) is 6.47. The van der Waals surface area contributed by atoms with Gasteiger partial charge in [0.2, 0.25) is 5.91 Å². The minimum Gasteiger partial charge on any atom is -0.497 e. The number of piperidine rings is 1. The predicted molar refractivity (Wildman–Crippen MR) is 181 cm³/mol. The first-order valence-corrected chi connectivity index (χ1v) is 16.6. The Morgan fingerprint density at radius 1 is 0.917 bits per heavy atom. The van der Waals surface area contributed by atoms with Crippen molar-refractivity contribution in [1.29, 1.82) is 0 Å². The Labute approximate surface area is 280 Å². The fourth-order valence-corrected chi connectivity index (χ4v) is 7.02. The van der Waals surface area contributed by atoms with Crippen LogP contribution in [-0.2, 0) is 27.9 Å². The standard InChI is InChI=1S/C35H46N6O7/c1-35(2,3)48-34(45)38-17-15-37(16-18-38)19-24-20-39(21-24)31-28(47-6)13-11-26-30(31)36(4)33(44)41(26)27-12-14-29(42)40(32(27)43)22-23-7-9-25(46-5)10-8-23/h7-11,13,24,27H,12,14-22H2,1-6H3. The highest BCUT2D eigenvalue weighted by Gasteiger charge is 2.39. The van der Waals surface area contributed by atoms with Gasteiger partial charge in [0.15, 0.2) is 0 Å². The summed E-state index contributed by atoms with van der Waals surface area (Å²) in [5, 5.41) is 0. The molecule has 1 atom stereocenters. The Kier molecular flexibility index (Phi) is 9.16. The number of piperazine rings is 1. The molecule has 3 saturated heterocycles. The molecule has 0 spiro atoms. The highest BCUT2D eigenvalue weighted by atomic mass is 16.6. The molecule has 3 fully saturated rings. The molecule has 6 rings (SSSR count). The van der Waals surface area contributed by atoms with Crippen molar-refractivity contribution in [3.63, 3.8) is 0 Å². The number of aromatic nitrogens is 2. The molecule has 13 heteroatoms. The van der Waals surface area contributed by atoms with Crippen LogP contribution < -0.4 is 20.1 Å². The van der Waals surface area contributed by atoms with Crippen LogP contribution in [0.1, 0.15) is 45.2 Å². The zero-order valence-electron chi connectivity index (χ0n) is 28.7. The Hall–Kier alpha value is -4.52. The highest BCUT2D eigenvalue weighted by molar-refractivity contribution is 6.01. The third-order valence-corrected chi connectivity index (χ3v) is 9.51. The van der Waals surface area contributed by atoms with Gasteiger partial charge in [-0.25, -0.2) is 9.59 Å². The van der Waals surface area contributed by atoms with E-state index in [2.05, 4.69) is 9.80 Å². The summed E-state index contributed by atoms with van der Waals surface area (Å²) in [7, 11) is 4.92. The SMILES string of the molecule is COc1ccc(CN2C(=O)CCC(n3c(=O)n(C)c4c(N5CC(CN6CCN(C(=O)OC(C)(C)C)CC6)C5)c(OC)ccc43)C2=O)cc1. The maximum Gasteiger partial charge on any atom is 0.410 e. The number of ether oxygens (including phenoxy) is 3. The van der Waals surface area contributed by atoms with Crippen LogP contribution in [0.5, 0.6) is 11.5 Å². The number of hydrogen-bond acceptors (Lipinski definition) is 9. The summed E-state index contributed by atoms with van der Waals surface area (Å²) in [5.41, 5.74) is 2.14. The second-order valence-corrected chi connectivity index (χ2v) is 14.0. The van der Waals surface area contributed by atoms with E-state index in [4.69, 9.17) is 14.2 Å². The fourth-order valence-electron chi connectivity index (χ4n) is 7.02.